The van der Waals surface area contributed by atoms with Crippen LogP contribution in [0.3, 0.4) is 0 Å². The van der Waals surface area contributed by atoms with Gasteiger partial charge in [0.25, 0.3) is 0 Å². The summed E-state index contributed by atoms with van der Waals surface area (Å²) in [5, 5.41) is 0. The Labute approximate surface area is 150 Å². The molecule has 3 saturated heterocycles. The van der Waals surface area contributed by atoms with E-state index in [-0.39, 0.29) is 5.54 Å². The molecule has 3 aliphatic heterocycles. The maximum absolute atomic E-state index is 2.84. The summed E-state index contributed by atoms with van der Waals surface area (Å²) in [6.07, 6.45) is 2.81. The number of likely N-dealkylation sites (tertiary alicyclic amines) is 1. The number of nitrogens with zero attached hydrogens (tertiary/aromatic N) is 4. The van der Waals surface area contributed by atoms with Gasteiger partial charge in [0.15, 0.2) is 0 Å². The van der Waals surface area contributed by atoms with E-state index in [4.69, 9.17) is 0 Å². The average Bonchev–Trinajstić information content (AvgIpc) is 2.67. The first kappa shape index (κ1) is 18.6. The van der Waals surface area contributed by atoms with Gasteiger partial charge in [0.1, 0.15) is 0 Å². The van der Waals surface area contributed by atoms with Crippen LogP contribution in [0.15, 0.2) is 0 Å². The third kappa shape index (κ3) is 3.67. The number of fused-ring (bicyclic) bond motifs is 2. The van der Waals surface area contributed by atoms with Gasteiger partial charge < -0.3 is 0 Å². The Hall–Kier alpha value is -0.160. The van der Waals surface area contributed by atoms with Crippen LogP contribution in [0.2, 0.25) is 0 Å². The fraction of sp³-hybridized carbons (Fsp3) is 1.00. The molecule has 2 bridgehead atoms. The third-order valence-electron chi connectivity index (χ3n) is 6.52. The zero-order valence-electron chi connectivity index (χ0n) is 17.1. The monoisotopic (exact) mass is 336 g/mol. The van der Waals surface area contributed by atoms with Crippen LogP contribution in [-0.2, 0) is 0 Å². The number of piperazine rings is 2. The van der Waals surface area contributed by atoms with Crippen molar-refractivity contribution < 1.29 is 0 Å². The average molecular weight is 337 g/mol. The van der Waals surface area contributed by atoms with E-state index in [1.165, 1.54) is 45.7 Å². The molecule has 3 heterocycles. The molecule has 3 rings (SSSR count). The first-order valence-electron chi connectivity index (χ1n) is 10.2. The smallest absolute Gasteiger partial charge is 0.0513 e. The Balaban J connectivity index is 1.60. The van der Waals surface area contributed by atoms with Crippen molar-refractivity contribution in [2.75, 3.05) is 32.8 Å². The zero-order chi connectivity index (χ0) is 17.6. The molecule has 140 valence electrons. The van der Waals surface area contributed by atoms with Crippen molar-refractivity contribution >= 4 is 0 Å². The third-order valence-corrected chi connectivity index (χ3v) is 6.52. The van der Waals surface area contributed by atoms with E-state index in [2.05, 4.69) is 68.1 Å². The van der Waals surface area contributed by atoms with Gasteiger partial charge in [0.2, 0.25) is 0 Å². The lowest BCUT2D eigenvalue weighted by molar-refractivity contribution is -0.0565. The summed E-state index contributed by atoms with van der Waals surface area (Å²) in [5.74, 6) is 0. The van der Waals surface area contributed by atoms with Gasteiger partial charge >= 0.3 is 0 Å². The van der Waals surface area contributed by atoms with Gasteiger partial charge in [0, 0.05) is 61.9 Å². The van der Waals surface area contributed by atoms with Crippen LogP contribution in [-0.4, -0.2) is 88.2 Å². The molecule has 0 aromatic carbocycles. The fourth-order valence-corrected chi connectivity index (χ4v) is 5.78. The number of hydrogen-bond acceptors (Lipinski definition) is 4. The molecule has 4 nitrogen and oxygen atoms in total. The van der Waals surface area contributed by atoms with E-state index in [1.807, 2.05) is 0 Å². The molecule has 0 saturated carbocycles. The van der Waals surface area contributed by atoms with Crippen LogP contribution in [0.4, 0.5) is 0 Å². The Morgan fingerprint density at radius 2 is 1.38 bits per heavy atom. The molecule has 0 aliphatic carbocycles. The second kappa shape index (κ2) is 6.86. The van der Waals surface area contributed by atoms with Crippen LogP contribution < -0.4 is 0 Å². The van der Waals surface area contributed by atoms with Gasteiger partial charge in [-0.3, -0.25) is 19.6 Å². The summed E-state index contributed by atoms with van der Waals surface area (Å²) in [4.78, 5) is 11.0. The summed E-state index contributed by atoms with van der Waals surface area (Å²) in [6.45, 7) is 22.8. The molecular formula is C20H40N4. The molecule has 0 aromatic heterocycles. The maximum Gasteiger partial charge on any atom is 0.0513 e. The molecule has 4 atom stereocenters. The Morgan fingerprint density at radius 1 is 0.875 bits per heavy atom. The topological polar surface area (TPSA) is 13.0 Å². The Bertz CT molecular complexity index is 404. The van der Waals surface area contributed by atoms with Crippen molar-refractivity contribution in [1.82, 2.24) is 19.6 Å². The van der Waals surface area contributed by atoms with Crippen molar-refractivity contribution in [3.05, 3.63) is 0 Å². The van der Waals surface area contributed by atoms with Crippen LogP contribution in [0.1, 0.15) is 61.3 Å². The highest BCUT2D eigenvalue weighted by Gasteiger charge is 2.42. The second-order valence-electron chi connectivity index (χ2n) is 9.90. The van der Waals surface area contributed by atoms with Crippen LogP contribution in [0.25, 0.3) is 0 Å². The lowest BCUT2D eigenvalue weighted by atomic mass is 9.97. The molecule has 24 heavy (non-hydrogen) atoms. The molecule has 3 fully saturated rings. The lowest BCUT2D eigenvalue weighted by Gasteiger charge is -2.52. The van der Waals surface area contributed by atoms with Gasteiger partial charge in [0.05, 0.1) is 6.67 Å². The van der Waals surface area contributed by atoms with E-state index in [1.54, 1.807) is 0 Å². The fourth-order valence-electron chi connectivity index (χ4n) is 5.78. The molecule has 4 heteroatoms. The lowest BCUT2D eigenvalue weighted by Crippen LogP contribution is -2.65. The largest absolute Gasteiger partial charge is 0.298 e. The van der Waals surface area contributed by atoms with E-state index in [9.17, 15) is 0 Å². The molecule has 3 aliphatic rings. The van der Waals surface area contributed by atoms with Crippen molar-refractivity contribution in [3.8, 4) is 0 Å². The maximum atomic E-state index is 2.84. The molecule has 0 aromatic rings. The van der Waals surface area contributed by atoms with E-state index in [0.29, 0.717) is 18.1 Å². The van der Waals surface area contributed by atoms with E-state index < -0.39 is 0 Å². The summed E-state index contributed by atoms with van der Waals surface area (Å²) in [5.41, 5.74) is 0.271. The van der Waals surface area contributed by atoms with E-state index in [0.717, 1.165) is 12.1 Å². The first-order valence-corrected chi connectivity index (χ1v) is 10.2. The predicted molar refractivity (Wildman–Crippen MR) is 102 cm³/mol. The minimum absolute atomic E-state index is 0.271. The highest BCUT2D eigenvalue weighted by molar-refractivity contribution is 4.98. The summed E-state index contributed by atoms with van der Waals surface area (Å²) >= 11 is 0. The molecule has 0 radical (unpaired) electrons. The minimum atomic E-state index is 0.271. The van der Waals surface area contributed by atoms with Crippen molar-refractivity contribution in [1.29, 1.82) is 0 Å². The summed E-state index contributed by atoms with van der Waals surface area (Å²) in [6, 6.07) is 3.56. The van der Waals surface area contributed by atoms with Crippen LogP contribution >= 0.6 is 0 Å². The van der Waals surface area contributed by atoms with Gasteiger partial charge in [-0.1, -0.05) is 0 Å². The molecular weight excluding hydrogens is 296 g/mol. The Kier molecular flexibility index (Phi) is 5.33. The highest BCUT2D eigenvalue weighted by Crippen LogP contribution is 2.32. The highest BCUT2D eigenvalue weighted by atomic mass is 15.4. The van der Waals surface area contributed by atoms with Gasteiger partial charge in [-0.25, -0.2) is 0 Å². The quantitative estimate of drug-likeness (QED) is 0.785. The second-order valence-corrected chi connectivity index (χ2v) is 9.90. The van der Waals surface area contributed by atoms with Crippen molar-refractivity contribution in [2.45, 2.75) is 97.1 Å². The van der Waals surface area contributed by atoms with Gasteiger partial charge in [-0.05, 0) is 61.3 Å². The van der Waals surface area contributed by atoms with Crippen molar-refractivity contribution in [2.24, 2.45) is 0 Å². The molecule has 0 N–H and O–H groups in total. The summed E-state index contributed by atoms with van der Waals surface area (Å²) in [7, 11) is 0. The number of rotatable bonds is 3. The van der Waals surface area contributed by atoms with Crippen LogP contribution in [0, 0.1) is 0 Å². The van der Waals surface area contributed by atoms with E-state index >= 15 is 0 Å². The van der Waals surface area contributed by atoms with Crippen molar-refractivity contribution in [3.63, 3.8) is 0 Å². The zero-order valence-corrected chi connectivity index (χ0v) is 17.1. The molecule has 0 amide bonds. The first-order chi connectivity index (χ1) is 11.2. The predicted octanol–water partition coefficient (Wildman–Crippen LogP) is 2.69. The summed E-state index contributed by atoms with van der Waals surface area (Å²) < 4.78 is 0. The minimum Gasteiger partial charge on any atom is -0.298 e. The Morgan fingerprint density at radius 3 is 1.79 bits per heavy atom. The SMILES string of the molecule is CC(C)N1CC2CCC(C1)N2CN1CC(C)N(C(C)(C)C)C(C)C1. The molecule has 4 unspecified atom stereocenters. The van der Waals surface area contributed by atoms with Gasteiger partial charge in [-0.15, -0.1) is 0 Å². The standard InChI is InChI=1S/C20H40N4/c1-15(2)22-12-18-8-9-19(13-22)23(18)14-21-10-16(3)24(17(4)11-21)20(5,6)7/h15-19H,8-14H2,1-7H3. The van der Waals surface area contributed by atoms with Gasteiger partial charge in [-0.2, -0.15) is 0 Å². The normalized spacial score (nSPS) is 37.5. The van der Waals surface area contributed by atoms with Crippen LogP contribution in [0.5, 0.6) is 0 Å². The molecule has 0 spiro atoms. The number of hydrogen-bond donors (Lipinski definition) is 0.